The van der Waals surface area contributed by atoms with Crippen molar-refractivity contribution in [2.45, 2.75) is 109 Å². The lowest BCUT2D eigenvalue weighted by Crippen LogP contribution is -2.15. The fraction of sp³-hybridized carbons (Fsp3) is 0.655. The molecule has 1 atom stereocenters. The molecule has 0 aliphatic carbocycles. The summed E-state index contributed by atoms with van der Waals surface area (Å²) in [5, 5.41) is 19.8. The van der Waals surface area contributed by atoms with Gasteiger partial charge in [0.25, 0.3) is 0 Å². The fourth-order valence-corrected chi connectivity index (χ4v) is 4.41. The predicted octanol–water partition coefficient (Wildman–Crippen LogP) is 6.85. The number of cyclic esters (lactones) is 1. The highest BCUT2D eigenvalue weighted by Gasteiger charge is 2.36. The van der Waals surface area contributed by atoms with Crippen molar-refractivity contribution in [3.8, 4) is 5.75 Å². The summed E-state index contributed by atoms with van der Waals surface area (Å²) in [7, 11) is 1.62. The smallest absolute Gasteiger partial charge is 0.344 e. The Kier molecular flexibility index (Phi) is 14.2. The van der Waals surface area contributed by atoms with E-state index < -0.39 is 18.7 Å². The van der Waals surface area contributed by atoms with Gasteiger partial charge in [-0.2, -0.15) is 0 Å². The van der Waals surface area contributed by atoms with Crippen molar-refractivity contribution in [1.82, 2.24) is 0 Å². The SMILES string of the molecule is CCCCCCCCCCCCCCCC(=NCc1ccc(OC)cc1)C1=C(O)C(CO)OC1=O. The largest absolute Gasteiger partial charge is 0.507 e. The molecule has 1 heterocycles. The Morgan fingerprint density at radius 3 is 1.94 bits per heavy atom. The van der Waals surface area contributed by atoms with Gasteiger partial charge in [0.15, 0.2) is 11.9 Å². The number of aliphatic imine (C=N–C) groups is 1. The van der Waals surface area contributed by atoms with Crippen LogP contribution in [0, 0.1) is 0 Å². The predicted molar refractivity (Wildman–Crippen MR) is 141 cm³/mol. The summed E-state index contributed by atoms with van der Waals surface area (Å²) in [5.41, 5.74) is 1.66. The Hall–Kier alpha value is -2.34. The van der Waals surface area contributed by atoms with Crippen LogP contribution in [0.3, 0.4) is 0 Å². The number of carbonyl (C=O) groups is 1. The van der Waals surface area contributed by atoms with E-state index in [1.807, 2.05) is 24.3 Å². The van der Waals surface area contributed by atoms with Gasteiger partial charge in [-0.1, -0.05) is 96.1 Å². The third kappa shape index (κ3) is 10.4. The van der Waals surface area contributed by atoms with E-state index in [0.717, 1.165) is 30.6 Å². The third-order valence-corrected chi connectivity index (χ3v) is 6.60. The monoisotopic (exact) mass is 487 g/mol. The van der Waals surface area contributed by atoms with Crippen molar-refractivity contribution in [1.29, 1.82) is 0 Å². The maximum Gasteiger partial charge on any atom is 0.344 e. The number of unbranched alkanes of at least 4 members (excludes halogenated alkanes) is 12. The Bertz CT molecular complexity index is 800. The number of esters is 1. The van der Waals surface area contributed by atoms with Crippen LogP contribution in [-0.4, -0.2) is 41.7 Å². The zero-order valence-electron chi connectivity index (χ0n) is 21.8. The van der Waals surface area contributed by atoms with Crippen LogP contribution < -0.4 is 4.74 Å². The first-order chi connectivity index (χ1) is 17.1. The molecule has 0 saturated carbocycles. The molecule has 2 N–H and O–H groups in total. The van der Waals surface area contributed by atoms with Crippen LogP contribution in [0.15, 0.2) is 40.6 Å². The van der Waals surface area contributed by atoms with Gasteiger partial charge in [0, 0.05) is 0 Å². The number of hydrogen-bond donors (Lipinski definition) is 2. The van der Waals surface area contributed by atoms with E-state index >= 15 is 0 Å². The van der Waals surface area contributed by atoms with Crippen molar-refractivity contribution in [3.63, 3.8) is 0 Å². The molecule has 1 unspecified atom stereocenters. The minimum absolute atomic E-state index is 0.122. The summed E-state index contributed by atoms with van der Waals surface area (Å²) in [6, 6.07) is 7.62. The number of rotatable bonds is 19. The van der Waals surface area contributed by atoms with Gasteiger partial charge in [-0.15, -0.1) is 0 Å². The van der Waals surface area contributed by atoms with Crippen molar-refractivity contribution >= 4 is 11.7 Å². The Morgan fingerprint density at radius 2 is 1.46 bits per heavy atom. The second-order valence-corrected chi connectivity index (χ2v) is 9.44. The van der Waals surface area contributed by atoms with Crippen LogP contribution >= 0.6 is 0 Å². The number of carbonyl (C=O) groups excluding carboxylic acids is 1. The van der Waals surface area contributed by atoms with E-state index in [2.05, 4.69) is 11.9 Å². The lowest BCUT2D eigenvalue weighted by Gasteiger charge is -2.08. The average molecular weight is 488 g/mol. The number of hydrogen-bond acceptors (Lipinski definition) is 6. The summed E-state index contributed by atoms with van der Waals surface area (Å²) in [5.74, 6) is -0.0409. The van der Waals surface area contributed by atoms with E-state index in [4.69, 9.17) is 9.47 Å². The topological polar surface area (TPSA) is 88.3 Å². The van der Waals surface area contributed by atoms with E-state index in [-0.39, 0.29) is 11.3 Å². The second-order valence-electron chi connectivity index (χ2n) is 9.44. The van der Waals surface area contributed by atoms with Gasteiger partial charge in [-0.3, -0.25) is 4.99 Å². The summed E-state index contributed by atoms with van der Waals surface area (Å²) >= 11 is 0. The van der Waals surface area contributed by atoms with Gasteiger partial charge in [0.1, 0.15) is 11.3 Å². The first kappa shape index (κ1) is 28.9. The first-order valence-corrected chi connectivity index (χ1v) is 13.5. The molecule has 0 radical (unpaired) electrons. The molecule has 35 heavy (non-hydrogen) atoms. The van der Waals surface area contributed by atoms with Crippen LogP contribution in [0.25, 0.3) is 0 Å². The Labute approximate surface area is 211 Å². The highest BCUT2D eigenvalue weighted by atomic mass is 16.6. The highest BCUT2D eigenvalue weighted by molar-refractivity contribution is 6.21. The minimum Gasteiger partial charge on any atom is -0.507 e. The molecule has 6 nitrogen and oxygen atoms in total. The molecule has 6 heteroatoms. The molecule has 0 saturated heterocycles. The standard InChI is InChI=1S/C29H45NO5/c1-3-4-5-6-7-8-9-10-11-12-13-14-15-16-25(27-28(32)26(22-31)35-29(27)33)30-21-23-17-19-24(34-2)20-18-23/h17-20,26,31-32H,3-16,21-22H2,1-2H3. The van der Waals surface area contributed by atoms with Crippen LogP contribution in [0.5, 0.6) is 5.75 Å². The molecule has 0 aromatic heterocycles. The minimum atomic E-state index is -0.990. The number of aliphatic hydroxyl groups is 2. The molecule has 0 spiro atoms. The van der Waals surface area contributed by atoms with Crippen LogP contribution in [-0.2, 0) is 16.1 Å². The van der Waals surface area contributed by atoms with E-state index in [1.54, 1.807) is 7.11 Å². The highest BCUT2D eigenvalue weighted by Crippen LogP contribution is 2.25. The summed E-state index contributed by atoms with van der Waals surface area (Å²) in [4.78, 5) is 17.0. The Morgan fingerprint density at radius 1 is 0.914 bits per heavy atom. The molecule has 0 bridgehead atoms. The maximum absolute atomic E-state index is 12.4. The molecular weight excluding hydrogens is 442 g/mol. The zero-order valence-corrected chi connectivity index (χ0v) is 21.8. The van der Waals surface area contributed by atoms with Crippen LogP contribution in [0.1, 0.15) is 102 Å². The molecule has 1 aromatic carbocycles. The molecule has 0 amide bonds. The van der Waals surface area contributed by atoms with Crippen molar-refractivity contribution < 1.29 is 24.5 Å². The number of aliphatic hydroxyl groups excluding tert-OH is 2. The van der Waals surface area contributed by atoms with Gasteiger partial charge < -0.3 is 19.7 Å². The van der Waals surface area contributed by atoms with E-state index in [9.17, 15) is 15.0 Å². The van der Waals surface area contributed by atoms with E-state index in [0.29, 0.717) is 18.7 Å². The first-order valence-electron chi connectivity index (χ1n) is 13.5. The molecular formula is C29H45NO5. The van der Waals surface area contributed by atoms with Gasteiger partial charge >= 0.3 is 5.97 Å². The van der Waals surface area contributed by atoms with Crippen molar-refractivity contribution in [3.05, 3.63) is 41.2 Å². The normalized spacial score (nSPS) is 16.1. The summed E-state index contributed by atoms with van der Waals surface area (Å²) in [6.45, 7) is 2.21. The van der Waals surface area contributed by atoms with Gasteiger partial charge in [0.2, 0.25) is 0 Å². The number of nitrogens with zero attached hydrogens (tertiary/aromatic N) is 1. The van der Waals surface area contributed by atoms with Gasteiger partial charge in [-0.05, 0) is 30.5 Å². The third-order valence-electron chi connectivity index (χ3n) is 6.60. The average Bonchev–Trinajstić information content (AvgIpc) is 3.17. The van der Waals surface area contributed by atoms with Gasteiger partial charge in [-0.25, -0.2) is 4.79 Å². The fourth-order valence-electron chi connectivity index (χ4n) is 4.41. The molecule has 2 rings (SSSR count). The Balaban J connectivity index is 1.78. The van der Waals surface area contributed by atoms with Gasteiger partial charge in [0.05, 0.1) is 26.0 Å². The lowest BCUT2D eigenvalue weighted by molar-refractivity contribution is -0.141. The summed E-state index contributed by atoms with van der Waals surface area (Å²) < 4.78 is 10.3. The summed E-state index contributed by atoms with van der Waals surface area (Å²) in [6.07, 6.45) is 16.1. The van der Waals surface area contributed by atoms with Crippen LogP contribution in [0.2, 0.25) is 0 Å². The molecule has 1 aliphatic rings. The lowest BCUT2D eigenvalue weighted by atomic mass is 10.0. The molecule has 0 fully saturated rings. The maximum atomic E-state index is 12.4. The quantitative estimate of drug-likeness (QED) is 0.127. The number of ether oxygens (including phenoxy) is 2. The van der Waals surface area contributed by atoms with E-state index in [1.165, 1.54) is 64.2 Å². The number of benzene rings is 1. The van der Waals surface area contributed by atoms with Crippen molar-refractivity contribution in [2.75, 3.05) is 13.7 Å². The molecule has 1 aliphatic heterocycles. The van der Waals surface area contributed by atoms with Crippen LogP contribution in [0.4, 0.5) is 0 Å². The molecule has 196 valence electrons. The zero-order chi connectivity index (χ0) is 25.3. The second kappa shape index (κ2) is 17.1. The molecule has 1 aromatic rings. The number of methoxy groups -OCH3 is 1. The van der Waals surface area contributed by atoms with Crippen molar-refractivity contribution in [2.24, 2.45) is 4.99 Å².